The minimum absolute atomic E-state index is 0.0750. The van der Waals surface area contributed by atoms with Crippen LogP contribution in [0.1, 0.15) is 26.3 Å². The molecule has 0 radical (unpaired) electrons. The summed E-state index contributed by atoms with van der Waals surface area (Å²) in [6.07, 6.45) is 1.69. The number of amides is 2. The standard InChI is InChI=1S/C19H14N2O5S2/c1-21-17(24)15(28-19(21)27)8-10-2-4-11(5-3-10)16(23)20-14-7-6-12(22)9-13(14)18(25)26/h2-9,22H,1H3,(H,20,23)(H,25,26)/b15-8-. The van der Waals surface area contributed by atoms with E-state index in [0.717, 1.165) is 11.6 Å². The summed E-state index contributed by atoms with van der Waals surface area (Å²) in [6.45, 7) is 0. The van der Waals surface area contributed by atoms with Gasteiger partial charge in [0.1, 0.15) is 10.1 Å². The first-order valence-corrected chi connectivity index (χ1v) is 9.18. The number of nitrogens with zero attached hydrogens (tertiary/aromatic N) is 1. The van der Waals surface area contributed by atoms with Crippen LogP contribution in [0.2, 0.25) is 0 Å². The van der Waals surface area contributed by atoms with Gasteiger partial charge in [0.2, 0.25) is 0 Å². The van der Waals surface area contributed by atoms with Gasteiger partial charge in [0.25, 0.3) is 11.8 Å². The molecule has 142 valence electrons. The number of likely N-dealkylation sites (N-methyl/N-ethyl adjacent to an activating group) is 1. The molecule has 3 rings (SSSR count). The summed E-state index contributed by atoms with van der Waals surface area (Å²) in [7, 11) is 1.61. The number of rotatable bonds is 4. The van der Waals surface area contributed by atoms with Crippen LogP contribution in [0.3, 0.4) is 0 Å². The minimum Gasteiger partial charge on any atom is -0.508 e. The van der Waals surface area contributed by atoms with Gasteiger partial charge in [0, 0.05) is 12.6 Å². The van der Waals surface area contributed by atoms with E-state index in [-0.39, 0.29) is 22.9 Å². The van der Waals surface area contributed by atoms with Crippen LogP contribution in [0, 0.1) is 0 Å². The molecule has 0 spiro atoms. The molecule has 28 heavy (non-hydrogen) atoms. The van der Waals surface area contributed by atoms with Crippen molar-refractivity contribution in [2.24, 2.45) is 0 Å². The second-order valence-corrected chi connectivity index (χ2v) is 7.53. The quantitative estimate of drug-likeness (QED) is 0.401. The van der Waals surface area contributed by atoms with Crippen molar-refractivity contribution in [1.82, 2.24) is 4.90 Å². The minimum atomic E-state index is -1.27. The van der Waals surface area contributed by atoms with Crippen molar-refractivity contribution >= 4 is 57.8 Å². The number of benzene rings is 2. The van der Waals surface area contributed by atoms with E-state index in [1.807, 2.05) is 0 Å². The monoisotopic (exact) mass is 414 g/mol. The zero-order valence-electron chi connectivity index (χ0n) is 14.5. The zero-order chi connectivity index (χ0) is 20.4. The largest absolute Gasteiger partial charge is 0.508 e. The van der Waals surface area contributed by atoms with Crippen LogP contribution in [0.15, 0.2) is 47.4 Å². The first-order chi connectivity index (χ1) is 13.3. The van der Waals surface area contributed by atoms with Crippen molar-refractivity contribution in [3.8, 4) is 5.75 Å². The fourth-order valence-electron chi connectivity index (χ4n) is 2.44. The summed E-state index contributed by atoms with van der Waals surface area (Å²) >= 11 is 6.29. The molecule has 0 unspecified atom stereocenters. The summed E-state index contributed by atoms with van der Waals surface area (Å²) in [5, 5.41) is 21.1. The van der Waals surface area contributed by atoms with Crippen LogP contribution >= 0.6 is 24.0 Å². The van der Waals surface area contributed by atoms with Crippen molar-refractivity contribution in [1.29, 1.82) is 0 Å². The number of hydrogen-bond donors (Lipinski definition) is 3. The molecule has 2 aromatic carbocycles. The average Bonchev–Trinajstić information content (AvgIpc) is 2.90. The third-order valence-electron chi connectivity index (χ3n) is 3.94. The molecule has 0 aliphatic carbocycles. The number of anilines is 1. The van der Waals surface area contributed by atoms with Gasteiger partial charge in [0.15, 0.2) is 0 Å². The highest BCUT2D eigenvalue weighted by Crippen LogP contribution is 2.31. The molecule has 1 aliphatic rings. The molecule has 1 aliphatic heterocycles. The SMILES string of the molecule is CN1C(=O)/C(=C/c2ccc(C(=O)Nc3ccc(O)cc3C(=O)O)cc2)SC1=S. The molecular weight excluding hydrogens is 400 g/mol. The number of phenols is 1. The van der Waals surface area contributed by atoms with Crippen LogP contribution in [-0.4, -0.2) is 44.3 Å². The lowest BCUT2D eigenvalue weighted by molar-refractivity contribution is -0.121. The van der Waals surface area contributed by atoms with Gasteiger partial charge < -0.3 is 15.5 Å². The molecule has 2 amide bonds. The molecule has 1 heterocycles. The number of thioether (sulfide) groups is 1. The maximum absolute atomic E-state index is 12.4. The van der Waals surface area contributed by atoms with E-state index < -0.39 is 11.9 Å². The van der Waals surface area contributed by atoms with Crippen molar-refractivity contribution in [3.63, 3.8) is 0 Å². The molecule has 0 aromatic heterocycles. The average molecular weight is 414 g/mol. The lowest BCUT2D eigenvalue weighted by Crippen LogP contribution is -2.22. The highest BCUT2D eigenvalue weighted by molar-refractivity contribution is 8.26. The van der Waals surface area contributed by atoms with Crippen LogP contribution in [0.4, 0.5) is 5.69 Å². The number of hydrogen-bond acceptors (Lipinski definition) is 6. The Labute approximate surface area is 169 Å². The van der Waals surface area contributed by atoms with E-state index in [2.05, 4.69) is 5.32 Å². The van der Waals surface area contributed by atoms with Crippen LogP contribution in [0.5, 0.6) is 5.75 Å². The van der Waals surface area contributed by atoms with Crippen LogP contribution < -0.4 is 5.32 Å². The maximum atomic E-state index is 12.4. The molecule has 9 heteroatoms. The smallest absolute Gasteiger partial charge is 0.337 e. The van der Waals surface area contributed by atoms with Gasteiger partial charge in [-0.1, -0.05) is 36.1 Å². The second kappa shape index (κ2) is 7.83. The number of carbonyl (C=O) groups excluding carboxylic acids is 2. The van der Waals surface area contributed by atoms with E-state index in [1.54, 1.807) is 37.4 Å². The molecular formula is C19H14N2O5S2. The van der Waals surface area contributed by atoms with Crippen LogP contribution in [0.25, 0.3) is 6.08 Å². The fraction of sp³-hybridized carbons (Fsp3) is 0.0526. The molecule has 0 bridgehead atoms. The predicted octanol–water partition coefficient (Wildman–Crippen LogP) is 3.17. The van der Waals surface area contributed by atoms with Crippen molar-refractivity contribution in [2.45, 2.75) is 0 Å². The van der Waals surface area contributed by atoms with Crippen molar-refractivity contribution < 1.29 is 24.6 Å². The second-order valence-electron chi connectivity index (χ2n) is 5.85. The van der Waals surface area contributed by atoms with Gasteiger partial charge in [-0.05, 0) is 42.0 Å². The van der Waals surface area contributed by atoms with E-state index >= 15 is 0 Å². The Morgan fingerprint density at radius 1 is 1.18 bits per heavy atom. The number of nitrogens with one attached hydrogen (secondary N) is 1. The highest BCUT2D eigenvalue weighted by atomic mass is 32.2. The summed E-state index contributed by atoms with van der Waals surface area (Å²) in [4.78, 5) is 37.6. The Kier molecular flexibility index (Phi) is 5.48. The topological polar surface area (TPSA) is 107 Å². The Balaban J connectivity index is 1.77. The molecule has 0 saturated carbocycles. The van der Waals surface area contributed by atoms with Gasteiger partial charge in [-0.2, -0.15) is 0 Å². The highest BCUT2D eigenvalue weighted by Gasteiger charge is 2.28. The summed E-state index contributed by atoms with van der Waals surface area (Å²) in [5.74, 6) is -2.16. The Bertz CT molecular complexity index is 1030. The van der Waals surface area contributed by atoms with Gasteiger partial charge in [-0.25, -0.2) is 4.79 Å². The Morgan fingerprint density at radius 3 is 2.43 bits per heavy atom. The number of aromatic hydroxyl groups is 1. The van der Waals surface area contributed by atoms with Crippen molar-refractivity contribution in [2.75, 3.05) is 12.4 Å². The van der Waals surface area contributed by atoms with E-state index in [4.69, 9.17) is 12.2 Å². The van der Waals surface area contributed by atoms with E-state index in [1.165, 1.54) is 28.8 Å². The molecule has 7 nitrogen and oxygen atoms in total. The number of carbonyl (C=O) groups is 3. The molecule has 1 saturated heterocycles. The number of phenolic OH excluding ortho intramolecular Hbond substituents is 1. The third kappa shape index (κ3) is 4.05. The zero-order valence-corrected chi connectivity index (χ0v) is 16.1. The molecule has 0 atom stereocenters. The van der Waals surface area contributed by atoms with Crippen molar-refractivity contribution in [3.05, 3.63) is 64.1 Å². The van der Waals surface area contributed by atoms with Gasteiger partial charge in [-0.3, -0.25) is 14.5 Å². The number of carboxylic acid groups (broad SMARTS) is 1. The molecule has 1 fully saturated rings. The van der Waals surface area contributed by atoms with Gasteiger partial charge in [0.05, 0.1) is 16.2 Å². The third-order valence-corrected chi connectivity index (χ3v) is 5.42. The number of carboxylic acids is 1. The fourth-order valence-corrected chi connectivity index (χ4v) is 3.62. The Hall–Kier alpha value is -3.17. The molecule has 2 aromatic rings. The van der Waals surface area contributed by atoms with Gasteiger partial charge in [-0.15, -0.1) is 0 Å². The normalized spacial score (nSPS) is 15.2. The van der Waals surface area contributed by atoms with Gasteiger partial charge >= 0.3 is 5.97 Å². The summed E-state index contributed by atoms with van der Waals surface area (Å²) in [5.41, 5.74) is 0.892. The first kappa shape index (κ1) is 19.6. The molecule has 3 N–H and O–H groups in total. The lowest BCUT2D eigenvalue weighted by Gasteiger charge is -2.09. The lowest BCUT2D eigenvalue weighted by atomic mass is 10.1. The maximum Gasteiger partial charge on any atom is 0.337 e. The summed E-state index contributed by atoms with van der Waals surface area (Å²) in [6, 6.07) is 10.1. The van der Waals surface area contributed by atoms with E-state index in [9.17, 15) is 24.6 Å². The predicted molar refractivity (Wildman–Crippen MR) is 110 cm³/mol. The number of thiocarbonyl (C=S) groups is 1. The summed E-state index contributed by atoms with van der Waals surface area (Å²) < 4.78 is 0.482. The van der Waals surface area contributed by atoms with E-state index in [0.29, 0.717) is 14.8 Å². The first-order valence-electron chi connectivity index (χ1n) is 7.95. The Morgan fingerprint density at radius 2 is 1.86 bits per heavy atom. The number of aromatic carboxylic acids is 1. The van der Waals surface area contributed by atoms with Crippen LogP contribution in [-0.2, 0) is 4.79 Å².